The maximum absolute atomic E-state index is 12.4. The Hall–Kier alpha value is -2.69. The lowest BCUT2D eigenvalue weighted by molar-refractivity contribution is 0.102. The van der Waals surface area contributed by atoms with E-state index in [1.165, 1.54) is 0 Å². The Bertz CT molecular complexity index is 738. The summed E-state index contributed by atoms with van der Waals surface area (Å²) in [6.45, 7) is 5.29. The van der Waals surface area contributed by atoms with Crippen LogP contribution in [0, 0.1) is 5.41 Å². The Morgan fingerprint density at radius 3 is 2.38 bits per heavy atom. The molecule has 0 spiro atoms. The van der Waals surface area contributed by atoms with E-state index in [0.29, 0.717) is 36.0 Å². The second kappa shape index (κ2) is 6.43. The van der Waals surface area contributed by atoms with E-state index in [0.717, 1.165) is 5.75 Å². The number of benzene rings is 2. The summed E-state index contributed by atoms with van der Waals surface area (Å²) in [6.07, 6.45) is 0. The monoisotopic (exact) mass is 327 g/mol. The van der Waals surface area contributed by atoms with Gasteiger partial charge in [-0.2, -0.15) is 0 Å². The summed E-state index contributed by atoms with van der Waals surface area (Å²) in [5, 5.41) is 2.86. The van der Waals surface area contributed by atoms with Crippen LogP contribution in [0.3, 0.4) is 0 Å². The summed E-state index contributed by atoms with van der Waals surface area (Å²) in [6, 6.07) is 12.4. The van der Waals surface area contributed by atoms with Crippen LogP contribution in [0.4, 0.5) is 5.69 Å². The van der Waals surface area contributed by atoms with Crippen molar-refractivity contribution in [3.8, 4) is 17.2 Å². The van der Waals surface area contributed by atoms with E-state index in [-0.39, 0.29) is 11.3 Å². The number of methoxy groups -OCH3 is 1. The zero-order valence-electron chi connectivity index (χ0n) is 14.1. The van der Waals surface area contributed by atoms with Crippen molar-refractivity contribution in [2.24, 2.45) is 5.41 Å². The van der Waals surface area contributed by atoms with E-state index < -0.39 is 0 Å². The second-order valence-corrected chi connectivity index (χ2v) is 6.59. The normalized spacial score (nSPS) is 15.3. The molecule has 1 heterocycles. The molecule has 0 bridgehead atoms. The van der Waals surface area contributed by atoms with Gasteiger partial charge in [-0.25, -0.2) is 0 Å². The molecule has 5 heteroatoms. The minimum Gasteiger partial charge on any atom is -0.497 e. The molecule has 0 aliphatic carbocycles. The highest BCUT2D eigenvalue weighted by Gasteiger charge is 2.25. The average Bonchev–Trinajstić information content (AvgIpc) is 2.74. The molecule has 3 rings (SSSR count). The van der Waals surface area contributed by atoms with Gasteiger partial charge in [-0.05, 0) is 42.5 Å². The molecule has 126 valence electrons. The first-order chi connectivity index (χ1) is 11.5. The minimum atomic E-state index is -0.199. The number of anilines is 1. The Morgan fingerprint density at radius 1 is 1.04 bits per heavy atom. The van der Waals surface area contributed by atoms with Crippen molar-refractivity contribution in [3.63, 3.8) is 0 Å². The van der Waals surface area contributed by atoms with Crippen molar-refractivity contribution in [3.05, 3.63) is 48.0 Å². The van der Waals surface area contributed by atoms with Crippen LogP contribution in [-0.4, -0.2) is 26.2 Å². The molecule has 1 amide bonds. The van der Waals surface area contributed by atoms with Crippen molar-refractivity contribution < 1.29 is 19.0 Å². The molecule has 0 unspecified atom stereocenters. The predicted octanol–water partition coefficient (Wildman–Crippen LogP) is 3.74. The van der Waals surface area contributed by atoms with Gasteiger partial charge in [-0.3, -0.25) is 4.79 Å². The third-order valence-electron chi connectivity index (χ3n) is 3.79. The van der Waals surface area contributed by atoms with Crippen LogP contribution in [0.15, 0.2) is 42.5 Å². The van der Waals surface area contributed by atoms with Crippen molar-refractivity contribution in [2.45, 2.75) is 13.8 Å². The van der Waals surface area contributed by atoms with Crippen LogP contribution >= 0.6 is 0 Å². The molecule has 2 aromatic carbocycles. The van der Waals surface area contributed by atoms with E-state index in [1.807, 2.05) is 0 Å². The van der Waals surface area contributed by atoms with Gasteiger partial charge < -0.3 is 19.5 Å². The zero-order chi connectivity index (χ0) is 17.2. The Balaban J connectivity index is 1.75. The molecule has 5 nitrogen and oxygen atoms in total. The summed E-state index contributed by atoms with van der Waals surface area (Å²) in [4.78, 5) is 12.4. The van der Waals surface area contributed by atoms with Gasteiger partial charge in [0.1, 0.15) is 5.75 Å². The summed E-state index contributed by atoms with van der Waals surface area (Å²) in [5.74, 6) is 1.81. The first-order valence-electron chi connectivity index (χ1n) is 7.82. The molecule has 0 fully saturated rings. The lowest BCUT2D eigenvalue weighted by Gasteiger charge is -2.19. The van der Waals surface area contributed by atoms with Crippen molar-refractivity contribution in [2.75, 3.05) is 25.6 Å². The third-order valence-corrected chi connectivity index (χ3v) is 3.79. The molecule has 1 aliphatic rings. The molecule has 0 saturated heterocycles. The first-order valence-corrected chi connectivity index (χ1v) is 7.82. The first kappa shape index (κ1) is 16.2. The molecule has 1 N–H and O–H groups in total. The van der Waals surface area contributed by atoms with Crippen LogP contribution in [0.25, 0.3) is 0 Å². The highest BCUT2D eigenvalue weighted by molar-refractivity contribution is 6.04. The number of carbonyl (C=O) groups excluding carboxylic acids is 1. The quantitative estimate of drug-likeness (QED) is 0.933. The van der Waals surface area contributed by atoms with E-state index in [4.69, 9.17) is 14.2 Å². The Kier molecular flexibility index (Phi) is 4.34. The second-order valence-electron chi connectivity index (χ2n) is 6.59. The molecule has 0 atom stereocenters. The van der Waals surface area contributed by atoms with Gasteiger partial charge in [-0.15, -0.1) is 0 Å². The molecule has 24 heavy (non-hydrogen) atoms. The standard InChI is InChI=1S/C19H21NO4/c1-19(2)11-23-16-9-4-13(10-17(16)24-12-19)18(21)20-14-5-7-15(22-3)8-6-14/h4-10H,11-12H2,1-3H3,(H,20,21). The molecular formula is C19H21NO4. The molecule has 0 aromatic heterocycles. The largest absolute Gasteiger partial charge is 0.497 e. The highest BCUT2D eigenvalue weighted by atomic mass is 16.5. The number of nitrogens with one attached hydrogen (secondary N) is 1. The van der Waals surface area contributed by atoms with Crippen molar-refractivity contribution in [1.82, 2.24) is 0 Å². The number of amides is 1. The van der Waals surface area contributed by atoms with Crippen LogP contribution in [0.1, 0.15) is 24.2 Å². The Labute approximate surface area is 141 Å². The van der Waals surface area contributed by atoms with Gasteiger partial charge in [0.15, 0.2) is 11.5 Å². The van der Waals surface area contributed by atoms with Gasteiger partial charge in [0.05, 0.1) is 20.3 Å². The van der Waals surface area contributed by atoms with Gasteiger partial charge in [0.25, 0.3) is 5.91 Å². The van der Waals surface area contributed by atoms with Crippen molar-refractivity contribution >= 4 is 11.6 Å². The fraction of sp³-hybridized carbons (Fsp3) is 0.316. The number of rotatable bonds is 3. The molecular weight excluding hydrogens is 306 g/mol. The summed E-state index contributed by atoms with van der Waals surface area (Å²) >= 11 is 0. The SMILES string of the molecule is COc1ccc(NC(=O)c2ccc3c(c2)OCC(C)(C)CO3)cc1. The number of fused-ring (bicyclic) bond motifs is 1. The number of hydrogen-bond acceptors (Lipinski definition) is 4. The van der Waals surface area contributed by atoms with Gasteiger partial charge in [0.2, 0.25) is 0 Å². The number of carbonyl (C=O) groups is 1. The fourth-order valence-corrected chi connectivity index (χ4v) is 2.35. The minimum absolute atomic E-state index is 0.0649. The maximum Gasteiger partial charge on any atom is 0.255 e. The van der Waals surface area contributed by atoms with Crippen LogP contribution in [0.5, 0.6) is 17.2 Å². The van der Waals surface area contributed by atoms with Gasteiger partial charge in [0, 0.05) is 16.7 Å². The van der Waals surface area contributed by atoms with E-state index in [2.05, 4.69) is 19.2 Å². The zero-order valence-corrected chi connectivity index (χ0v) is 14.1. The van der Waals surface area contributed by atoms with Crippen LogP contribution in [0.2, 0.25) is 0 Å². The fourth-order valence-electron chi connectivity index (χ4n) is 2.35. The van der Waals surface area contributed by atoms with Crippen LogP contribution in [-0.2, 0) is 0 Å². The lowest BCUT2D eigenvalue weighted by atomic mass is 9.97. The van der Waals surface area contributed by atoms with E-state index in [9.17, 15) is 4.79 Å². The van der Waals surface area contributed by atoms with Crippen molar-refractivity contribution in [1.29, 1.82) is 0 Å². The Morgan fingerprint density at radius 2 is 1.71 bits per heavy atom. The van der Waals surface area contributed by atoms with E-state index in [1.54, 1.807) is 49.6 Å². The summed E-state index contributed by atoms with van der Waals surface area (Å²) in [7, 11) is 1.60. The van der Waals surface area contributed by atoms with Gasteiger partial charge >= 0.3 is 0 Å². The molecule has 1 aliphatic heterocycles. The smallest absolute Gasteiger partial charge is 0.255 e. The van der Waals surface area contributed by atoms with Crippen LogP contribution < -0.4 is 19.5 Å². The number of hydrogen-bond donors (Lipinski definition) is 1. The number of ether oxygens (including phenoxy) is 3. The maximum atomic E-state index is 12.4. The summed E-state index contributed by atoms with van der Waals surface area (Å²) in [5.41, 5.74) is 1.16. The summed E-state index contributed by atoms with van der Waals surface area (Å²) < 4.78 is 16.7. The molecule has 0 radical (unpaired) electrons. The van der Waals surface area contributed by atoms with E-state index >= 15 is 0 Å². The van der Waals surface area contributed by atoms with Gasteiger partial charge in [-0.1, -0.05) is 13.8 Å². The third kappa shape index (κ3) is 3.62. The molecule has 0 saturated carbocycles. The highest BCUT2D eigenvalue weighted by Crippen LogP contribution is 2.34. The lowest BCUT2D eigenvalue weighted by Crippen LogP contribution is -2.26. The molecule has 2 aromatic rings. The predicted molar refractivity (Wildman–Crippen MR) is 92.2 cm³/mol. The topological polar surface area (TPSA) is 56.8 Å². The average molecular weight is 327 g/mol.